The summed E-state index contributed by atoms with van der Waals surface area (Å²) >= 11 is 0. The van der Waals surface area contributed by atoms with Crippen LogP contribution in [0.15, 0.2) is 0 Å². The number of hydrogen-bond donors (Lipinski definition) is 2. The molecule has 0 aromatic carbocycles. The van der Waals surface area contributed by atoms with Crippen LogP contribution in [0.5, 0.6) is 0 Å². The maximum atomic E-state index is 9.97. The van der Waals surface area contributed by atoms with Crippen LogP contribution in [0.1, 0.15) is 25.7 Å². The first-order chi connectivity index (χ1) is 4.77. The molecule has 0 bridgehead atoms. The van der Waals surface area contributed by atoms with E-state index in [-0.39, 0.29) is 13.0 Å². The molecule has 0 amide bonds. The van der Waals surface area contributed by atoms with Gasteiger partial charge in [0, 0.05) is 13.0 Å². The smallest absolute Gasteiger partial charge is 0.303 e. The molecule has 1 radical (unpaired) electrons. The fourth-order valence-electron chi connectivity index (χ4n) is 0.656. The summed E-state index contributed by atoms with van der Waals surface area (Å²) in [5.74, 6) is -0.746. The lowest BCUT2D eigenvalue weighted by molar-refractivity contribution is -0.137. The van der Waals surface area contributed by atoms with Gasteiger partial charge >= 0.3 is 5.97 Å². The summed E-state index contributed by atoms with van der Waals surface area (Å²) in [5, 5.41) is 16.5. The number of carbonyl (C=O) groups is 1. The van der Waals surface area contributed by atoms with Gasteiger partial charge in [0.15, 0.2) is 0 Å². The van der Waals surface area contributed by atoms with Crippen LogP contribution in [0, 0.1) is 6.42 Å². The van der Waals surface area contributed by atoms with E-state index < -0.39 is 5.97 Å². The van der Waals surface area contributed by atoms with Crippen molar-refractivity contribution in [1.29, 1.82) is 0 Å². The van der Waals surface area contributed by atoms with Crippen molar-refractivity contribution in [3.63, 3.8) is 0 Å². The number of unbranched alkanes of at least 4 members (excludes halogenated alkanes) is 3. The molecule has 0 aliphatic rings. The van der Waals surface area contributed by atoms with E-state index in [4.69, 9.17) is 10.2 Å². The molecule has 10 heavy (non-hydrogen) atoms. The lowest BCUT2D eigenvalue weighted by Gasteiger charge is -1.94. The summed E-state index contributed by atoms with van der Waals surface area (Å²) in [7, 11) is 0. The summed E-state index contributed by atoms with van der Waals surface area (Å²) in [5.41, 5.74) is 0. The Bertz CT molecular complexity index is 90.9. The van der Waals surface area contributed by atoms with Gasteiger partial charge in [-0.1, -0.05) is 6.42 Å². The first kappa shape index (κ1) is 9.43. The van der Waals surface area contributed by atoms with Crippen LogP contribution in [0.3, 0.4) is 0 Å². The standard InChI is InChI=1S/C7H13O3/c8-6-4-2-1-3-5-7(9)10/h4,8H,1-3,5-6H2,(H,9,10). The Morgan fingerprint density at radius 3 is 2.60 bits per heavy atom. The van der Waals surface area contributed by atoms with E-state index in [1.165, 1.54) is 0 Å². The normalized spacial score (nSPS) is 9.70. The van der Waals surface area contributed by atoms with Gasteiger partial charge in [-0.05, 0) is 19.3 Å². The number of aliphatic hydroxyl groups excluding tert-OH is 1. The van der Waals surface area contributed by atoms with Gasteiger partial charge in [-0.15, -0.1) is 0 Å². The Morgan fingerprint density at radius 1 is 1.40 bits per heavy atom. The zero-order chi connectivity index (χ0) is 7.82. The van der Waals surface area contributed by atoms with Crippen LogP contribution in [-0.2, 0) is 4.79 Å². The van der Waals surface area contributed by atoms with Crippen molar-refractivity contribution in [1.82, 2.24) is 0 Å². The zero-order valence-corrected chi connectivity index (χ0v) is 5.92. The molecule has 0 fully saturated rings. The maximum Gasteiger partial charge on any atom is 0.303 e. The van der Waals surface area contributed by atoms with Crippen LogP contribution in [0.2, 0.25) is 0 Å². The van der Waals surface area contributed by atoms with Gasteiger partial charge in [0.1, 0.15) is 0 Å². The Hall–Kier alpha value is -0.570. The maximum absolute atomic E-state index is 9.97. The average Bonchev–Trinajstić information content (AvgIpc) is 1.87. The molecule has 0 unspecified atom stereocenters. The SMILES string of the molecule is O=C(O)CCCC[CH]CO. The highest BCUT2D eigenvalue weighted by atomic mass is 16.4. The molecule has 0 saturated carbocycles. The third-order valence-corrected chi connectivity index (χ3v) is 1.18. The first-order valence-corrected chi connectivity index (χ1v) is 3.41. The van der Waals surface area contributed by atoms with Crippen LogP contribution in [-0.4, -0.2) is 22.8 Å². The molecule has 59 valence electrons. The summed E-state index contributed by atoms with van der Waals surface area (Å²) in [4.78, 5) is 9.97. The van der Waals surface area contributed by atoms with Gasteiger partial charge in [0.05, 0.1) is 0 Å². The van der Waals surface area contributed by atoms with E-state index in [0.717, 1.165) is 12.8 Å². The van der Waals surface area contributed by atoms with Gasteiger partial charge in [-0.3, -0.25) is 4.79 Å². The predicted molar refractivity (Wildman–Crippen MR) is 37.5 cm³/mol. The Kier molecular flexibility index (Phi) is 6.18. The van der Waals surface area contributed by atoms with Gasteiger partial charge in [0.2, 0.25) is 0 Å². The number of rotatable bonds is 6. The number of aliphatic hydroxyl groups is 1. The summed E-state index contributed by atoms with van der Waals surface area (Å²) in [6.07, 6.45) is 4.34. The molecule has 0 aromatic rings. The quantitative estimate of drug-likeness (QED) is 0.544. The van der Waals surface area contributed by atoms with Crippen molar-refractivity contribution in [3.05, 3.63) is 6.42 Å². The molecular weight excluding hydrogens is 132 g/mol. The zero-order valence-electron chi connectivity index (χ0n) is 5.92. The second kappa shape index (κ2) is 6.55. The van der Waals surface area contributed by atoms with Gasteiger partial charge < -0.3 is 10.2 Å². The number of aliphatic carboxylic acids is 1. The average molecular weight is 145 g/mol. The highest BCUT2D eigenvalue weighted by Gasteiger charge is 1.95. The number of carboxylic acids is 1. The monoisotopic (exact) mass is 145 g/mol. The molecule has 3 heteroatoms. The van der Waals surface area contributed by atoms with Crippen LogP contribution < -0.4 is 0 Å². The minimum absolute atomic E-state index is 0.0903. The lowest BCUT2D eigenvalue weighted by atomic mass is 10.1. The van der Waals surface area contributed by atoms with E-state index in [1.54, 1.807) is 6.42 Å². The van der Waals surface area contributed by atoms with E-state index in [0.29, 0.717) is 6.42 Å². The third kappa shape index (κ3) is 7.43. The highest BCUT2D eigenvalue weighted by Crippen LogP contribution is 2.00. The fourth-order valence-corrected chi connectivity index (χ4v) is 0.656. The van der Waals surface area contributed by atoms with E-state index in [1.807, 2.05) is 0 Å². The molecule has 0 atom stereocenters. The van der Waals surface area contributed by atoms with Crippen molar-refractivity contribution in [2.24, 2.45) is 0 Å². The summed E-state index contributed by atoms with van der Waals surface area (Å²) < 4.78 is 0. The topological polar surface area (TPSA) is 57.5 Å². The van der Waals surface area contributed by atoms with E-state index >= 15 is 0 Å². The van der Waals surface area contributed by atoms with Crippen molar-refractivity contribution in [2.45, 2.75) is 25.7 Å². The highest BCUT2D eigenvalue weighted by molar-refractivity contribution is 5.66. The predicted octanol–water partition coefficient (Wildman–Crippen LogP) is 0.828. The molecule has 0 spiro atoms. The molecule has 0 rings (SSSR count). The summed E-state index contributed by atoms with van der Waals surface area (Å²) in [6.45, 7) is 0.0903. The third-order valence-electron chi connectivity index (χ3n) is 1.18. The van der Waals surface area contributed by atoms with Crippen molar-refractivity contribution >= 4 is 5.97 Å². The largest absolute Gasteiger partial charge is 0.481 e. The first-order valence-electron chi connectivity index (χ1n) is 3.41. The molecule has 0 aliphatic heterocycles. The van der Waals surface area contributed by atoms with Crippen LogP contribution in [0.4, 0.5) is 0 Å². The number of carboxylic acid groups (broad SMARTS) is 1. The van der Waals surface area contributed by atoms with Crippen LogP contribution in [0.25, 0.3) is 0 Å². The van der Waals surface area contributed by atoms with Gasteiger partial charge in [-0.25, -0.2) is 0 Å². The molecule has 0 aromatic heterocycles. The molecule has 2 N–H and O–H groups in total. The minimum Gasteiger partial charge on any atom is -0.481 e. The Balaban J connectivity index is 2.84. The summed E-state index contributed by atoms with van der Waals surface area (Å²) in [6, 6.07) is 0. The molecular formula is C7H13O3. The molecule has 3 nitrogen and oxygen atoms in total. The molecule has 0 aliphatic carbocycles. The second-order valence-electron chi connectivity index (χ2n) is 2.11. The molecule has 0 heterocycles. The van der Waals surface area contributed by atoms with Gasteiger partial charge in [0.25, 0.3) is 0 Å². The van der Waals surface area contributed by atoms with E-state index in [2.05, 4.69) is 0 Å². The fraction of sp³-hybridized carbons (Fsp3) is 0.714. The number of hydrogen-bond acceptors (Lipinski definition) is 2. The van der Waals surface area contributed by atoms with Crippen LogP contribution >= 0.6 is 0 Å². The van der Waals surface area contributed by atoms with Crippen molar-refractivity contribution in [3.8, 4) is 0 Å². The molecule has 0 saturated heterocycles. The second-order valence-corrected chi connectivity index (χ2v) is 2.11. The van der Waals surface area contributed by atoms with E-state index in [9.17, 15) is 4.79 Å². The minimum atomic E-state index is -0.746. The lowest BCUT2D eigenvalue weighted by Crippen LogP contribution is -1.94. The Labute approximate surface area is 60.7 Å². The van der Waals surface area contributed by atoms with Gasteiger partial charge in [-0.2, -0.15) is 0 Å². The van der Waals surface area contributed by atoms with Crippen molar-refractivity contribution in [2.75, 3.05) is 6.61 Å². The Morgan fingerprint density at radius 2 is 2.10 bits per heavy atom. The van der Waals surface area contributed by atoms with Crippen molar-refractivity contribution < 1.29 is 15.0 Å².